The van der Waals surface area contributed by atoms with Crippen LogP contribution in [0.15, 0.2) is 36.4 Å². The normalized spacial score (nSPS) is 12.3. The van der Waals surface area contributed by atoms with E-state index in [1.807, 2.05) is 0 Å². The molecule has 1 N–H and O–H groups in total. The third-order valence-electron chi connectivity index (χ3n) is 3.72. The first-order valence-corrected chi connectivity index (χ1v) is 8.32. The summed E-state index contributed by atoms with van der Waals surface area (Å²) in [5.41, 5.74) is 0.778. The van der Waals surface area contributed by atoms with Gasteiger partial charge in [-0.1, -0.05) is 46.9 Å². The van der Waals surface area contributed by atoms with Crippen LogP contribution in [0.4, 0.5) is 10.1 Å². The van der Waals surface area contributed by atoms with Crippen molar-refractivity contribution in [3.05, 3.63) is 62.8 Å². The molecule has 2 aromatic rings. The topological polar surface area (TPSA) is 32.3 Å². The fraction of sp³-hybridized carbons (Fsp3) is 0.235. The van der Waals surface area contributed by atoms with Crippen LogP contribution in [-0.2, 0) is 11.3 Å². The predicted molar refractivity (Wildman–Crippen MR) is 97.4 cm³/mol. The van der Waals surface area contributed by atoms with Gasteiger partial charge in [0.25, 0.3) is 0 Å². The molecule has 0 heterocycles. The Hall–Kier alpha value is -1.33. The largest absolute Gasteiger partial charge is 0.323 e. The summed E-state index contributed by atoms with van der Waals surface area (Å²) >= 11 is 18.0. The van der Waals surface area contributed by atoms with Crippen molar-refractivity contribution in [1.82, 2.24) is 4.90 Å². The van der Waals surface area contributed by atoms with Crippen molar-refractivity contribution in [3.63, 3.8) is 0 Å². The van der Waals surface area contributed by atoms with E-state index in [-0.39, 0.29) is 17.5 Å². The predicted octanol–water partition coefficient (Wildman–Crippen LogP) is 5.24. The van der Waals surface area contributed by atoms with Gasteiger partial charge in [-0.2, -0.15) is 0 Å². The molecule has 0 fully saturated rings. The number of carbonyl (C=O) groups is 1. The van der Waals surface area contributed by atoms with Crippen LogP contribution in [0.3, 0.4) is 0 Å². The van der Waals surface area contributed by atoms with E-state index in [2.05, 4.69) is 5.32 Å². The molecule has 0 radical (unpaired) electrons. The van der Waals surface area contributed by atoms with Crippen LogP contribution < -0.4 is 5.32 Å². The first kappa shape index (κ1) is 19.0. The number of nitrogens with one attached hydrogen (secondary N) is 1. The van der Waals surface area contributed by atoms with Gasteiger partial charge in [0.2, 0.25) is 5.91 Å². The Bertz CT molecular complexity index is 734. The average Bonchev–Trinajstić information content (AvgIpc) is 2.54. The van der Waals surface area contributed by atoms with E-state index in [1.54, 1.807) is 49.2 Å². The second-order valence-corrected chi connectivity index (χ2v) is 6.57. The summed E-state index contributed by atoms with van der Waals surface area (Å²) in [5, 5.41) is 3.68. The Morgan fingerprint density at radius 3 is 2.46 bits per heavy atom. The number of benzene rings is 2. The molecule has 0 bridgehead atoms. The number of halogens is 4. The van der Waals surface area contributed by atoms with Crippen molar-refractivity contribution in [2.45, 2.75) is 19.5 Å². The third kappa shape index (κ3) is 4.39. The fourth-order valence-electron chi connectivity index (χ4n) is 2.11. The van der Waals surface area contributed by atoms with Crippen molar-refractivity contribution in [2.75, 3.05) is 12.4 Å². The van der Waals surface area contributed by atoms with E-state index in [4.69, 9.17) is 34.8 Å². The van der Waals surface area contributed by atoms with Crippen LogP contribution in [0.2, 0.25) is 15.1 Å². The number of anilines is 1. The summed E-state index contributed by atoms with van der Waals surface area (Å²) in [5.74, 6) is -0.686. The summed E-state index contributed by atoms with van der Waals surface area (Å²) in [4.78, 5) is 14.1. The Morgan fingerprint density at radius 2 is 1.79 bits per heavy atom. The number of hydrogen-bond acceptors (Lipinski definition) is 2. The standard InChI is InChI=1S/C17H16Cl3FN2O/c1-10(17(24)22-15-8-4-6-13(19)16(15)20)23(2)9-11-12(18)5-3-7-14(11)21/h3-8,10H,9H2,1-2H3,(H,22,24). The molecule has 1 amide bonds. The minimum absolute atomic E-state index is 0.198. The van der Waals surface area contributed by atoms with Gasteiger partial charge in [0.05, 0.1) is 21.8 Å². The van der Waals surface area contributed by atoms with Gasteiger partial charge < -0.3 is 5.32 Å². The van der Waals surface area contributed by atoms with E-state index in [9.17, 15) is 9.18 Å². The summed E-state index contributed by atoms with van der Waals surface area (Å²) in [7, 11) is 1.71. The van der Waals surface area contributed by atoms with E-state index in [1.165, 1.54) is 6.07 Å². The lowest BCUT2D eigenvalue weighted by Gasteiger charge is -2.24. The maximum absolute atomic E-state index is 13.9. The minimum Gasteiger partial charge on any atom is -0.323 e. The molecule has 3 nitrogen and oxygen atoms in total. The molecule has 0 saturated heterocycles. The van der Waals surface area contributed by atoms with Crippen LogP contribution in [0.25, 0.3) is 0 Å². The third-order valence-corrected chi connectivity index (χ3v) is 4.89. The number of likely N-dealkylation sites (N-methyl/N-ethyl adjacent to an activating group) is 1. The Labute approximate surface area is 155 Å². The lowest BCUT2D eigenvalue weighted by Crippen LogP contribution is -2.39. The molecular weight excluding hydrogens is 374 g/mol. The van der Waals surface area contributed by atoms with Crippen molar-refractivity contribution in [1.29, 1.82) is 0 Å². The molecule has 2 aromatic carbocycles. The van der Waals surface area contributed by atoms with E-state index >= 15 is 0 Å². The molecule has 1 unspecified atom stereocenters. The lowest BCUT2D eigenvalue weighted by atomic mass is 10.1. The minimum atomic E-state index is -0.532. The molecule has 2 rings (SSSR count). The van der Waals surface area contributed by atoms with Gasteiger partial charge >= 0.3 is 0 Å². The SMILES string of the molecule is CC(C(=O)Nc1cccc(Cl)c1Cl)N(C)Cc1c(F)cccc1Cl. The van der Waals surface area contributed by atoms with Crippen LogP contribution in [0.5, 0.6) is 0 Å². The lowest BCUT2D eigenvalue weighted by molar-refractivity contribution is -0.120. The molecule has 128 valence electrons. The molecule has 0 aliphatic rings. The highest BCUT2D eigenvalue weighted by Crippen LogP contribution is 2.29. The molecule has 0 aromatic heterocycles. The van der Waals surface area contributed by atoms with Crippen molar-refractivity contribution in [2.24, 2.45) is 0 Å². The average molecular weight is 390 g/mol. The van der Waals surface area contributed by atoms with Gasteiger partial charge in [0, 0.05) is 17.1 Å². The van der Waals surface area contributed by atoms with Crippen LogP contribution >= 0.6 is 34.8 Å². The number of nitrogens with zero attached hydrogens (tertiary/aromatic N) is 1. The maximum atomic E-state index is 13.9. The van der Waals surface area contributed by atoms with Crippen molar-refractivity contribution in [3.8, 4) is 0 Å². The second kappa shape index (κ2) is 8.17. The Balaban J connectivity index is 2.08. The summed E-state index contributed by atoms with van der Waals surface area (Å²) in [6.45, 7) is 1.91. The van der Waals surface area contributed by atoms with Crippen LogP contribution in [0.1, 0.15) is 12.5 Å². The van der Waals surface area contributed by atoms with Crippen LogP contribution in [0, 0.1) is 5.82 Å². The van der Waals surface area contributed by atoms with Gasteiger partial charge in [-0.15, -0.1) is 0 Å². The fourth-order valence-corrected chi connectivity index (χ4v) is 2.68. The summed E-state index contributed by atoms with van der Waals surface area (Å²) in [6.07, 6.45) is 0. The highest BCUT2D eigenvalue weighted by atomic mass is 35.5. The second-order valence-electron chi connectivity index (χ2n) is 5.38. The first-order valence-electron chi connectivity index (χ1n) is 7.19. The molecule has 0 spiro atoms. The number of amides is 1. The molecule has 0 saturated carbocycles. The van der Waals surface area contributed by atoms with E-state index in [0.717, 1.165) is 0 Å². The number of carbonyl (C=O) groups excluding carboxylic acids is 1. The monoisotopic (exact) mass is 388 g/mol. The molecular formula is C17H16Cl3FN2O. The molecule has 1 atom stereocenters. The number of hydrogen-bond donors (Lipinski definition) is 1. The summed E-state index contributed by atoms with van der Waals surface area (Å²) < 4.78 is 13.9. The summed E-state index contributed by atoms with van der Waals surface area (Å²) in [6, 6.07) is 8.95. The maximum Gasteiger partial charge on any atom is 0.241 e. The van der Waals surface area contributed by atoms with Gasteiger partial charge in [0.1, 0.15) is 5.82 Å². The van der Waals surface area contributed by atoms with Crippen molar-refractivity contribution >= 4 is 46.4 Å². The molecule has 7 heteroatoms. The zero-order valence-electron chi connectivity index (χ0n) is 13.1. The van der Waals surface area contributed by atoms with E-state index < -0.39 is 11.9 Å². The molecule has 0 aliphatic heterocycles. The zero-order valence-corrected chi connectivity index (χ0v) is 15.4. The van der Waals surface area contributed by atoms with Crippen molar-refractivity contribution < 1.29 is 9.18 Å². The zero-order chi connectivity index (χ0) is 17.9. The van der Waals surface area contributed by atoms with Gasteiger partial charge in [-0.25, -0.2) is 4.39 Å². The smallest absolute Gasteiger partial charge is 0.241 e. The van der Waals surface area contributed by atoms with Crippen LogP contribution in [-0.4, -0.2) is 23.9 Å². The molecule has 24 heavy (non-hydrogen) atoms. The van der Waals surface area contributed by atoms with E-state index in [0.29, 0.717) is 21.3 Å². The molecule has 0 aliphatic carbocycles. The van der Waals surface area contributed by atoms with Gasteiger partial charge in [-0.3, -0.25) is 9.69 Å². The van der Waals surface area contributed by atoms with Gasteiger partial charge in [0.15, 0.2) is 0 Å². The Morgan fingerprint density at radius 1 is 1.17 bits per heavy atom. The number of rotatable bonds is 5. The Kier molecular flexibility index (Phi) is 6.47. The first-order chi connectivity index (χ1) is 11.3. The highest BCUT2D eigenvalue weighted by Gasteiger charge is 2.21. The highest BCUT2D eigenvalue weighted by molar-refractivity contribution is 6.44. The van der Waals surface area contributed by atoms with Gasteiger partial charge in [-0.05, 0) is 38.2 Å². The quantitative estimate of drug-likeness (QED) is 0.758.